The van der Waals surface area contributed by atoms with Gasteiger partial charge in [0, 0.05) is 18.7 Å². The number of imide groups is 1. The number of hydrogen-bond acceptors (Lipinski definition) is 3. The van der Waals surface area contributed by atoms with E-state index in [1.54, 1.807) is 11.8 Å². The summed E-state index contributed by atoms with van der Waals surface area (Å²) in [6.45, 7) is 8.31. The molecule has 1 aromatic rings. The number of benzene rings is 1. The molecule has 1 atom stereocenters. The van der Waals surface area contributed by atoms with Crippen LogP contribution in [0.25, 0.3) is 0 Å². The first kappa shape index (κ1) is 21.9. The van der Waals surface area contributed by atoms with Gasteiger partial charge in [0.05, 0.1) is 13.0 Å². The van der Waals surface area contributed by atoms with E-state index in [1.807, 2.05) is 6.92 Å². The summed E-state index contributed by atoms with van der Waals surface area (Å²) in [4.78, 5) is 40.8. The zero-order chi connectivity index (χ0) is 22.1. The van der Waals surface area contributed by atoms with Crippen molar-refractivity contribution in [1.82, 2.24) is 15.1 Å². The number of halogens is 2. The summed E-state index contributed by atoms with van der Waals surface area (Å²) in [5.74, 6) is -2.20. The van der Waals surface area contributed by atoms with Crippen molar-refractivity contribution in [3.63, 3.8) is 0 Å². The standard InChI is InChI=1S/C22H27F2N3O3/c1-4-22(20(29)27(13-14(2)3)21(30)25-22)15-8-10-26(11-9-15)19(28)12-16-17(23)6-5-7-18(16)24/h5-7,15H,2,4,8-13H2,1,3H3,(H,25,30). The Morgan fingerprint density at radius 2 is 1.83 bits per heavy atom. The fraction of sp³-hybridized carbons (Fsp3) is 0.500. The fourth-order valence-electron chi connectivity index (χ4n) is 4.45. The van der Waals surface area contributed by atoms with Crippen molar-refractivity contribution in [1.29, 1.82) is 0 Å². The minimum atomic E-state index is -0.987. The van der Waals surface area contributed by atoms with Gasteiger partial charge in [-0.15, -0.1) is 0 Å². The normalized spacial score (nSPS) is 22.4. The quantitative estimate of drug-likeness (QED) is 0.569. The third-order valence-electron chi connectivity index (χ3n) is 6.12. The second-order valence-electron chi connectivity index (χ2n) is 8.14. The van der Waals surface area contributed by atoms with Gasteiger partial charge in [0.15, 0.2) is 0 Å². The van der Waals surface area contributed by atoms with Crippen molar-refractivity contribution < 1.29 is 23.2 Å². The second-order valence-corrected chi connectivity index (χ2v) is 8.14. The summed E-state index contributed by atoms with van der Waals surface area (Å²) in [5.41, 5.74) is -0.506. The molecule has 0 aliphatic carbocycles. The third kappa shape index (κ3) is 3.95. The number of amides is 4. The van der Waals surface area contributed by atoms with Crippen LogP contribution in [0.4, 0.5) is 13.6 Å². The average Bonchev–Trinajstić information content (AvgIpc) is 2.95. The molecule has 2 aliphatic rings. The van der Waals surface area contributed by atoms with Crippen molar-refractivity contribution >= 4 is 17.8 Å². The predicted octanol–water partition coefficient (Wildman–Crippen LogP) is 3.02. The van der Waals surface area contributed by atoms with Crippen molar-refractivity contribution in [3.8, 4) is 0 Å². The molecular weight excluding hydrogens is 392 g/mol. The number of carbonyl (C=O) groups is 3. The molecule has 2 heterocycles. The van der Waals surface area contributed by atoms with Gasteiger partial charge in [0.1, 0.15) is 17.2 Å². The van der Waals surface area contributed by atoms with Gasteiger partial charge in [-0.1, -0.05) is 25.1 Å². The summed E-state index contributed by atoms with van der Waals surface area (Å²) >= 11 is 0. The van der Waals surface area contributed by atoms with Crippen LogP contribution in [-0.4, -0.2) is 52.8 Å². The molecule has 0 spiro atoms. The van der Waals surface area contributed by atoms with Crippen LogP contribution < -0.4 is 5.32 Å². The van der Waals surface area contributed by atoms with Crippen molar-refractivity contribution in [2.75, 3.05) is 19.6 Å². The first-order chi connectivity index (χ1) is 14.2. The minimum absolute atomic E-state index is 0.122. The number of carbonyl (C=O) groups excluding carboxylic acids is 3. The first-order valence-corrected chi connectivity index (χ1v) is 10.2. The fourth-order valence-corrected chi connectivity index (χ4v) is 4.45. The van der Waals surface area contributed by atoms with Gasteiger partial charge >= 0.3 is 6.03 Å². The summed E-state index contributed by atoms with van der Waals surface area (Å²) in [7, 11) is 0. The first-order valence-electron chi connectivity index (χ1n) is 10.2. The SMILES string of the molecule is C=C(C)CN1C(=O)NC(CC)(C2CCN(C(=O)Cc3c(F)cccc3F)CC2)C1=O. The molecule has 1 unspecified atom stereocenters. The van der Waals surface area contributed by atoms with E-state index in [9.17, 15) is 23.2 Å². The lowest BCUT2D eigenvalue weighted by Gasteiger charge is -2.40. The molecule has 2 aliphatic heterocycles. The molecule has 4 amide bonds. The molecule has 162 valence electrons. The molecule has 6 nitrogen and oxygen atoms in total. The van der Waals surface area contributed by atoms with Gasteiger partial charge < -0.3 is 10.2 Å². The highest BCUT2D eigenvalue weighted by Crippen LogP contribution is 2.36. The Hall–Kier alpha value is -2.77. The molecule has 1 N–H and O–H groups in total. The van der Waals surface area contributed by atoms with Crippen LogP contribution in [0.15, 0.2) is 30.4 Å². The van der Waals surface area contributed by atoms with E-state index in [2.05, 4.69) is 11.9 Å². The van der Waals surface area contributed by atoms with Crippen LogP contribution in [0.5, 0.6) is 0 Å². The molecule has 2 fully saturated rings. The van der Waals surface area contributed by atoms with Crippen LogP contribution in [0.1, 0.15) is 38.7 Å². The highest BCUT2D eigenvalue weighted by atomic mass is 19.1. The summed E-state index contributed by atoms with van der Waals surface area (Å²) < 4.78 is 27.7. The number of likely N-dealkylation sites (tertiary alicyclic amines) is 1. The molecule has 3 rings (SSSR count). The van der Waals surface area contributed by atoms with Crippen molar-refractivity contribution in [2.45, 2.75) is 45.1 Å². The van der Waals surface area contributed by atoms with E-state index in [0.29, 0.717) is 37.9 Å². The Balaban J connectivity index is 1.67. The van der Waals surface area contributed by atoms with E-state index in [4.69, 9.17) is 0 Å². The lowest BCUT2D eigenvalue weighted by Crippen LogP contribution is -2.56. The van der Waals surface area contributed by atoms with E-state index in [-0.39, 0.29) is 36.3 Å². The number of hydrogen-bond donors (Lipinski definition) is 1. The number of urea groups is 1. The van der Waals surface area contributed by atoms with Crippen LogP contribution in [0.3, 0.4) is 0 Å². The monoisotopic (exact) mass is 419 g/mol. The molecule has 0 saturated carbocycles. The van der Waals surface area contributed by atoms with E-state index >= 15 is 0 Å². The Kier molecular flexibility index (Phi) is 6.24. The van der Waals surface area contributed by atoms with Crippen molar-refractivity contribution in [2.24, 2.45) is 5.92 Å². The zero-order valence-corrected chi connectivity index (χ0v) is 17.3. The Labute approximate surface area is 174 Å². The Morgan fingerprint density at radius 1 is 1.23 bits per heavy atom. The summed E-state index contributed by atoms with van der Waals surface area (Å²) in [6.07, 6.45) is 1.14. The summed E-state index contributed by atoms with van der Waals surface area (Å²) in [5, 5.41) is 2.88. The van der Waals surface area contributed by atoms with E-state index < -0.39 is 23.2 Å². The average molecular weight is 419 g/mol. The Bertz CT molecular complexity index is 860. The van der Waals surface area contributed by atoms with Crippen LogP contribution >= 0.6 is 0 Å². The van der Waals surface area contributed by atoms with Gasteiger partial charge in [0.2, 0.25) is 5.91 Å². The maximum absolute atomic E-state index is 13.8. The minimum Gasteiger partial charge on any atom is -0.342 e. The molecule has 8 heteroatoms. The number of nitrogens with one attached hydrogen (secondary N) is 1. The van der Waals surface area contributed by atoms with Gasteiger partial charge in [-0.05, 0) is 44.2 Å². The molecular formula is C22H27F2N3O3. The highest BCUT2D eigenvalue weighted by molar-refractivity contribution is 6.07. The zero-order valence-electron chi connectivity index (χ0n) is 17.3. The van der Waals surface area contributed by atoms with Crippen molar-refractivity contribution in [3.05, 3.63) is 47.5 Å². The molecule has 2 saturated heterocycles. The van der Waals surface area contributed by atoms with Gasteiger partial charge in [-0.2, -0.15) is 0 Å². The highest BCUT2D eigenvalue weighted by Gasteiger charge is 2.54. The topological polar surface area (TPSA) is 69.7 Å². The van der Waals surface area contributed by atoms with Gasteiger partial charge in [-0.25, -0.2) is 13.6 Å². The smallest absolute Gasteiger partial charge is 0.325 e. The maximum atomic E-state index is 13.8. The lowest BCUT2D eigenvalue weighted by atomic mass is 9.75. The predicted molar refractivity (Wildman–Crippen MR) is 107 cm³/mol. The molecule has 0 aromatic heterocycles. The van der Waals surface area contributed by atoms with E-state index in [1.165, 1.54) is 11.0 Å². The van der Waals surface area contributed by atoms with E-state index in [0.717, 1.165) is 12.1 Å². The lowest BCUT2D eigenvalue weighted by molar-refractivity contribution is -0.135. The van der Waals surface area contributed by atoms with Crippen LogP contribution in [0.2, 0.25) is 0 Å². The molecule has 0 radical (unpaired) electrons. The maximum Gasteiger partial charge on any atom is 0.325 e. The number of nitrogens with zero attached hydrogens (tertiary/aromatic N) is 2. The van der Waals surface area contributed by atoms with Gasteiger partial charge in [-0.3, -0.25) is 14.5 Å². The molecule has 0 bridgehead atoms. The van der Waals surface area contributed by atoms with Crippen LogP contribution in [-0.2, 0) is 16.0 Å². The Morgan fingerprint density at radius 3 is 2.37 bits per heavy atom. The molecule has 1 aromatic carbocycles. The largest absolute Gasteiger partial charge is 0.342 e. The molecule has 30 heavy (non-hydrogen) atoms. The van der Waals surface area contributed by atoms with Gasteiger partial charge in [0.25, 0.3) is 5.91 Å². The number of rotatable bonds is 6. The summed E-state index contributed by atoms with van der Waals surface area (Å²) in [6, 6.07) is 3.11. The van der Waals surface area contributed by atoms with Crippen LogP contribution in [0, 0.1) is 17.6 Å². The third-order valence-corrected chi connectivity index (χ3v) is 6.12. The number of piperidine rings is 1. The second kappa shape index (κ2) is 8.53.